The van der Waals surface area contributed by atoms with E-state index >= 15 is 0 Å². The van der Waals surface area contributed by atoms with E-state index in [1.54, 1.807) is 12.1 Å². The number of phenolic OH excluding ortho intramolecular Hbond substituents is 1. The fraction of sp³-hybridized carbons (Fsp3) is 0. The number of aromatic nitrogens is 2. The average Bonchev–Trinajstić information content (AvgIpc) is 2.80. The van der Waals surface area contributed by atoms with Gasteiger partial charge in [-0.15, -0.1) is 0 Å². The van der Waals surface area contributed by atoms with Crippen molar-refractivity contribution < 1.29 is 5.11 Å². The summed E-state index contributed by atoms with van der Waals surface area (Å²) in [4.78, 5) is 7.79. The molecule has 0 saturated heterocycles. The highest BCUT2D eigenvalue weighted by Crippen LogP contribution is 2.40. The van der Waals surface area contributed by atoms with E-state index in [0.29, 0.717) is 10.5 Å². The fourth-order valence-electron chi connectivity index (χ4n) is 2.48. The van der Waals surface area contributed by atoms with Crippen LogP contribution in [0.25, 0.3) is 33.2 Å². The molecule has 0 bridgehead atoms. The van der Waals surface area contributed by atoms with Crippen LogP contribution in [0.4, 0.5) is 0 Å². The molecule has 92 valence electrons. The van der Waals surface area contributed by atoms with Gasteiger partial charge < -0.3 is 10.1 Å². The molecular weight excluding hydrogens is 260 g/mol. The van der Waals surface area contributed by atoms with E-state index in [9.17, 15) is 5.11 Å². The number of phenols is 1. The molecule has 2 aromatic carbocycles. The lowest BCUT2D eigenvalue weighted by Crippen LogP contribution is -1.88. The molecule has 2 heterocycles. The number of hydrogen-bond acceptors (Lipinski definition) is 2. The van der Waals surface area contributed by atoms with E-state index in [1.807, 2.05) is 30.3 Å². The Morgan fingerprint density at radius 2 is 1.79 bits per heavy atom. The minimum atomic E-state index is 0.187. The predicted octanol–water partition coefficient (Wildman–Crippen LogP) is 4.18. The summed E-state index contributed by atoms with van der Waals surface area (Å²) in [5, 5.41) is 12.3. The lowest BCUT2D eigenvalue weighted by atomic mass is 10.1. The smallest absolute Gasteiger partial charge is 0.139 e. The molecule has 0 aliphatic carbocycles. The van der Waals surface area contributed by atoms with Gasteiger partial charge in [-0.2, -0.15) is 0 Å². The summed E-state index contributed by atoms with van der Waals surface area (Å²) in [5.74, 6) is 0.187. The van der Waals surface area contributed by atoms with Crippen molar-refractivity contribution in [1.82, 2.24) is 9.97 Å². The molecule has 0 radical (unpaired) electrons. The predicted molar refractivity (Wildman–Crippen MR) is 76.9 cm³/mol. The van der Waals surface area contributed by atoms with E-state index in [0.717, 1.165) is 27.7 Å². The Morgan fingerprint density at radius 3 is 2.68 bits per heavy atom. The molecule has 2 aliphatic rings. The SMILES string of the molecule is Oc1cccc2c(Cl)c3nc4ccccc4c-3[nH]c12. The van der Waals surface area contributed by atoms with Crippen molar-refractivity contribution >= 4 is 33.4 Å². The second kappa shape index (κ2) is 3.62. The van der Waals surface area contributed by atoms with Gasteiger partial charge in [0, 0.05) is 10.8 Å². The number of aromatic hydroxyl groups is 1. The molecule has 19 heavy (non-hydrogen) atoms. The lowest BCUT2D eigenvalue weighted by Gasteiger charge is -2.08. The zero-order valence-electron chi connectivity index (χ0n) is 9.81. The second-order valence-corrected chi connectivity index (χ2v) is 4.87. The highest BCUT2D eigenvalue weighted by atomic mass is 35.5. The Balaban J connectivity index is 2.30. The summed E-state index contributed by atoms with van der Waals surface area (Å²) in [6, 6.07) is 13.1. The van der Waals surface area contributed by atoms with Crippen LogP contribution in [-0.4, -0.2) is 15.1 Å². The zero-order chi connectivity index (χ0) is 13.0. The summed E-state index contributed by atoms with van der Waals surface area (Å²) in [6.45, 7) is 0. The summed E-state index contributed by atoms with van der Waals surface area (Å²) >= 11 is 6.42. The van der Waals surface area contributed by atoms with Gasteiger partial charge in [-0.05, 0) is 12.1 Å². The topological polar surface area (TPSA) is 48.9 Å². The number of fused-ring (bicyclic) bond motifs is 4. The molecule has 2 aliphatic heterocycles. The molecule has 0 atom stereocenters. The summed E-state index contributed by atoms with van der Waals surface area (Å²) in [7, 11) is 0. The normalized spacial score (nSPS) is 11.6. The zero-order valence-corrected chi connectivity index (χ0v) is 10.6. The Morgan fingerprint density at radius 1 is 1.00 bits per heavy atom. The van der Waals surface area contributed by atoms with Crippen molar-refractivity contribution in [3.63, 3.8) is 0 Å². The van der Waals surface area contributed by atoms with E-state index in [-0.39, 0.29) is 5.75 Å². The fourth-order valence-corrected chi connectivity index (χ4v) is 2.77. The third-order valence-corrected chi connectivity index (χ3v) is 3.76. The first-order valence-electron chi connectivity index (χ1n) is 5.93. The number of halogens is 1. The van der Waals surface area contributed by atoms with Crippen LogP contribution >= 0.6 is 11.6 Å². The van der Waals surface area contributed by atoms with Gasteiger partial charge in [0.25, 0.3) is 0 Å². The first-order valence-corrected chi connectivity index (χ1v) is 6.31. The largest absolute Gasteiger partial charge is 0.506 e. The maximum absolute atomic E-state index is 9.95. The third-order valence-electron chi connectivity index (χ3n) is 3.38. The van der Waals surface area contributed by atoms with E-state index in [4.69, 9.17) is 11.6 Å². The first-order chi connectivity index (χ1) is 9.25. The van der Waals surface area contributed by atoms with Crippen LogP contribution in [0.3, 0.4) is 0 Å². The highest BCUT2D eigenvalue weighted by Gasteiger charge is 2.19. The van der Waals surface area contributed by atoms with E-state index in [2.05, 4.69) is 9.97 Å². The van der Waals surface area contributed by atoms with Crippen LogP contribution < -0.4 is 0 Å². The van der Waals surface area contributed by atoms with Crippen molar-refractivity contribution in [1.29, 1.82) is 0 Å². The molecule has 3 nitrogen and oxygen atoms in total. The number of benzene rings is 2. The lowest BCUT2D eigenvalue weighted by molar-refractivity contribution is 0.480. The van der Waals surface area contributed by atoms with Gasteiger partial charge in [0.05, 0.1) is 21.7 Å². The van der Waals surface area contributed by atoms with Gasteiger partial charge in [-0.1, -0.05) is 41.9 Å². The van der Waals surface area contributed by atoms with Gasteiger partial charge in [0.2, 0.25) is 0 Å². The average molecular weight is 269 g/mol. The molecule has 4 heteroatoms. The van der Waals surface area contributed by atoms with Crippen LogP contribution in [0.2, 0.25) is 5.02 Å². The van der Waals surface area contributed by atoms with Crippen LogP contribution in [-0.2, 0) is 0 Å². The standard InChI is InChI=1S/C15H9ClN2O/c16-12-9-5-3-7-11(19)13(9)18-14-8-4-1-2-6-10(8)17-15(12)14/h1-7,18-19H. The van der Waals surface area contributed by atoms with Crippen molar-refractivity contribution in [2.45, 2.75) is 0 Å². The summed E-state index contributed by atoms with van der Waals surface area (Å²) in [5.41, 5.74) is 3.12. The maximum atomic E-state index is 9.95. The summed E-state index contributed by atoms with van der Waals surface area (Å²) in [6.07, 6.45) is 0. The molecule has 0 aromatic heterocycles. The number of nitrogens with zero attached hydrogens (tertiary/aromatic N) is 1. The number of aromatic amines is 1. The highest BCUT2D eigenvalue weighted by molar-refractivity contribution is 6.38. The van der Waals surface area contributed by atoms with Gasteiger partial charge in [-0.25, -0.2) is 4.98 Å². The minimum Gasteiger partial charge on any atom is -0.506 e. The van der Waals surface area contributed by atoms with Crippen molar-refractivity contribution in [2.75, 3.05) is 0 Å². The monoisotopic (exact) mass is 268 g/mol. The number of rotatable bonds is 0. The number of hydrogen-bond donors (Lipinski definition) is 2. The molecule has 0 amide bonds. The minimum absolute atomic E-state index is 0.187. The Bertz CT molecular complexity index is 897. The quantitative estimate of drug-likeness (QED) is 0.503. The molecule has 0 unspecified atom stereocenters. The van der Waals surface area contributed by atoms with Crippen molar-refractivity contribution in [2.24, 2.45) is 0 Å². The van der Waals surface area contributed by atoms with Crippen LogP contribution in [0.1, 0.15) is 0 Å². The molecule has 4 rings (SSSR count). The Labute approximate surface area is 113 Å². The third kappa shape index (κ3) is 1.36. The van der Waals surface area contributed by atoms with Gasteiger partial charge in [0.1, 0.15) is 11.4 Å². The molecule has 0 saturated carbocycles. The van der Waals surface area contributed by atoms with E-state index in [1.165, 1.54) is 0 Å². The van der Waals surface area contributed by atoms with Crippen LogP contribution in [0.15, 0.2) is 42.5 Å². The number of H-pyrrole nitrogens is 1. The Kier molecular flexibility index (Phi) is 2.03. The molecule has 2 aromatic rings. The number of nitrogens with one attached hydrogen (secondary N) is 1. The van der Waals surface area contributed by atoms with E-state index < -0.39 is 0 Å². The molecule has 0 fully saturated rings. The van der Waals surface area contributed by atoms with Gasteiger partial charge >= 0.3 is 0 Å². The number of para-hydroxylation sites is 2. The van der Waals surface area contributed by atoms with Crippen molar-refractivity contribution in [3.05, 3.63) is 47.5 Å². The van der Waals surface area contributed by atoms with Gasteiger partial charge in [0.15, 0.2) is 0 Å². The Hall–Kier alpha value is -2.26. The van der Waals surface area contributed by atoms with Crippen LogP contribution in [0.5, 0.6) is 5.75 Å². The number of pyridine rings is 1. The second-order valence-electron chi connectivity index (χ2n) is 4.49. The first kappa shape index (κ1) is 10.6. The van der Waals surface area contributed by atoms with Crippen molar-refractivity contribution in [3.8, 4) is 17.1 Å². The van der Waals surface area contributed by atoms with Gasteiger partial charge in [-0.3, -0.25) is 0 Å². The molecule has 2 N–H and O–H groups in total. The molecular formula is C15H9ClN2O. The van der Waals surface area contributed by atoms with Crippen LogP contribution in [0, 0.1) is 0 Å². The maximum Gasteiger partial charge on any atom is 0.139 e. The summed E-state index contributed by atoms with van der Waals surface area (Å²) < 4.78 is 0. The molecule has 0 spiro atoms.